The monoisotopic (exact) mass is 686 g/mol. The van der Waals surface area contributed by atoms with Crippen LogP contribution in [0.25, 0.3) is 98.7 Å². The molecule has 1 heterocycles. The van der Waals surface area contributed by atoms with Crippen LogP contribution in [0, 0.1) is 0 Å². The molecule has 54 heavy (non-hydrogen) atoms. The van der Waals surface area contributed by atoms with Crippen LogP contribution in [-0.4, -0.2) is 0 Å². The molecule has 0 fully saturated rings. The SMILES string of the molecule is CC1(C)c2cc(-c3ccc4c(c3)-c3cccc5cccc(c35)O4)ccc2-c2ccc(-c3ccc4ccc5c(-c6ccccc6)ccc6ccc3c4c65)cc21. The van der Waals surface area contributed by atoms with Crippen LogP contribution in [-0.2, 0) is 5.41 Å². The van der Waals surface area contributed by atoms with Crippen molar-refractivity contribution in [1.82, 2.24) is 0 Å². The van der Waals surface area contributed by atoms with Gasteiger partial charge in [0.05, 0.1) is 0 Å². The normalized spacial score (nSPS) is 13.7. The van der Waals surface area contributed by atoms with Crippen LogP contribution < -0.4 is 4.74 Å². The molecule has 252 valence electrons. The fourth-order valence-electron chi connectivity index (χ4n) is 9.75. The van der Waals surface area contributed by atoms with E-state index in [2.05, 4.69) is 184 Å². The van der Waals surface area contributed by atoms with Gasteiger partial charge < -0.3 is 4.74 Å². The van der Waals surface area contributed by atoms with Gasteiger partial charge >= 0.3 is 0 Å². The van der Waals surface area contributed by atoms with Crippen LogP contribution in [0.15, 0.2) is 170 Å². The number of fused-ring (bicyclic) bond motifs is 5. The molecule has 0 radical (unpaired) electrons. The molecule has 0 saturated heterocycles. The molecule has 1 aliphatic carbocycles. The number of hydrogen-bond donors (Lipinski definition) is 0. The van der Waals surface area contributed by atoms with E-state index in [0.29, 0.717) is 0 Å². The summed E-state index contributed by atoms with van der Waals surface area (Å²) in [5.74, 6) is 1.84. The van der Waals surface area contributed by atoms with Crippen LogP contribution >= 0.6 is 0 Å². The lowest BCUT2D eigenvalue weighted by atomic mass is 9.80. The first-order chi connectivity index (χ1) is 26.5. The lowest BCUT2D eigenvalue weighted by Crippen LogP contribution is -2.15. The van der Waals surface area contributed by atoms with Crippen molar-refractivity contribution in [3.8, 4) is 67.1 Å². The van der Waals surface area contributed by atoms with E-state index in [0.717, 1.165) is 17.1 Å². The van der Waals surface area contributed by atoms with E-state index < -0.39 is 0 Å². The second kappa shape index (κ2) is 10.7. The lowest BCUT2D eigenvalue weighted by molar-refractivity contribution is 0.487. The van der Waals surface area contributed by atoms with Crippen molar-refractivity contribution in [2.75, 3.05) is 0 Å². The molecule has 0 N–H and O–H groups in total. The van der Waals surface area contributed by atoms with Crippen LogP contribution in [0.2, 0.25) is 0 Å². The summed E-state index contributed by atoms with van der Waals surface area (Å²) in [4.78, 5) is 0. The van der Waals surface area contributed by atoms with Crippen molar-refractivity contribution in [3.05, 3.63) is 181 Å². The fourth-order valence-corrected chi connectivity index (χ4v) is 9.75. The summed E-state index contributed by atoms with van der Waals surface area (Å²) in [6.45, 7) is 4.78. The zero-order valence-electron chi connectivity index (χ0n) is 30.1. The van der Waals surface area contributed by atoms with Gasteiger partial charge in [-0.25, -0.2) is 0 Å². The van der Waals surface area contributed by atoms with Gasteiger partial charge in [-0.05, 0) is 129 Å². The summed E-state index contributed by atoms with van der Waals surface area (Å²) < 4.78 is 6.42. The van der Waals surface area contributed by atoms with E-state index in [9.17, 15) is 0 Å². The van der Waals surface area contributed by atoms with E-state index in [1.54, 1.807) is 0 Å². The van der Waals surface area contributed by atoms with Crippen LogP contribution in [0.1, 0.15) is 25.0 Å². The van der Waals surface area contributed by atoms with Crippen LogP contribution in [0.3, 0.4) is 0 Å². The van der Waals surface area contributed by atoms with Gasteiger partial charge in [0.15, 0.2) is 0 Å². The second-order valence-electron chi connectivity index (χ2n) is 15.6. The van der Waals surface area contributed by atoms with E-state index in [4.69, 9.17) is 4.74 Å². The van der Waals surface area contributed by atoms with Gasteiger partial charge in [-0.2, -0.15) is 0 Å². The Morgan fingerprint density at radius 3 is 1.61 bits per heavy atom. The fraction of sp³-hybridized carbons (Fsp3) is 0.0566. The van der Waals surface area contributed by atoms with Crippen LogP contribution in [0.4, 0.5) is 0 Å². The topological polar surface area (TPSA) is 9.23 Å². The maximum atomic E-state index is 6.42. The molecule has 2 aliphatic rings. The number of rotatable bonds is 3. The van der Waals surface area contributed by atoms with Gasteiger partial charge in [0.1, 0.15) is 11.5 Å². The third kappa shape index (κ3) is 4.04. The van der Waals surface area contributed by atoms with Gasteiger partial charge in [0, 0.05) is 16.4 Å². The highest BCUT2D eigenvalue weighted by Gasteiger charge is 2.36. The summed E-state index contributed by atoms with van der Waals surface area (Å²) in [7, 11) is 0. The lowest BCUT2D eigenvalue weighted by Gasteiger charge is -2.24. The Morgan fingerprint density at radius 2 is 0.889 bits per heavy atom. The minimum atomic E-state index is -0.160. The molecule has 10 aromatic carbocycles. The Labute approximate surface area is 314 Å². The zero-order valence-corrected chi connectivity index (χ0v) is 30.1. The van der Waals surface area contributed by atoms with Crippen molar-refractivity contribution in [1.29, 1.82) is 0 Å². The zero-order chi connectivity index (χ0) is 35.7. The molecule has 0 spiro atoms. The Hall–Kier alpha value is -6.70. The highest BCUT2D eigenvalue weighted by Crippen LogP contribution is 2.53. The third-order valence-corrected chi connectivity index (χ3v) is 12.4. The summed E-state index contributed by atoms with van der Waals surface area (Å²) in [6, 6.07) is 63.0. The molecular formula is C53H34O. The third-order valence-electron chi connectivity index (χ3n) is 12.4. The number of hydrogen-bond acceptors (Lipinski definition) is 1. The van der Waals surface area contributed by atoms with E-state index in [-0.39, 0.29) is 5.41 Å². The van der Waals surface area contributed by atoms with Gasteiger partial charge in [-0.3, -0.25) is 0 Å². The molecular weight excluding hydrogens is 653 g/mol. The predicted octanol–water partition coefficient (Wildman–Crippen LogP) is 14.8. The molecule has 0 aromatic heterocycles. The van der Waals surface area contributed by atoms with Crippen molar-refractivity contribution in [3.63, 3.8) is 0 Å². The Morgan fingerprint density at radius 1 is 0.333 bits per heavy atom. The molecule has 1 nitrogen and oxygen atoms in total. The molecule has 1 aliphatic heterocycles. The molecule has 0 atom stereocenters. The summed E-state index contributed by atoms with van der Waals surface area (Å²) in [5.41, 5.74) is 15.1. The molecule has 0 saturated carbocycles. The first kappa shape index (κ1) is 29.8. The molecule has 0 bridgehead atoms. The number of benzene rings is 10. The summed E-state index contributed by atoms with van der Waals surface area (Å²) in [6.07, 6.45) is 0. The maximum absolute atomic E-state index is 6.42. The molecule has 12 rings (SSSR count). The van der Waals surface area contributed by atoms with Gasteiger partial charge in [0.2, 0.25) is 0 Å². The van der Waals surface area contributed by atoms with E-state index >= 15 is 0 Å². The highest BCUT2D eigenvalue weighted by atomic mass is 16.5. The minimum absolute atomic E-state index is 0.160. The molecule has 0 unspecified atom stereocenters. The van der Waals surface area contributed by atoms with Gasteiger partial charge in [-0.15, -0.1) is 0 Å². The highest BCUT2D eigenvalue weighted by molar-refractivity contribution is 6.27. The standard InChI is InChI=1S/C53H34O/c1-53(2)46-29-36(35-20-27-48-45(28-35)42-12-6-10-32-11-7-13-49(54-48)50(32)42)18-23-40(46)41-24-19-37(30-47(41)53)39-22-15-34-16-25-43-38(31-8-4-3-5-9-31)21-14-33-17-26-44(39)52(34)51(33)43/h3-30H,1-2H3. The predicted molar refractivity (Wildman–Crippen MR) is 227 cm³/mol. The van der Waals surface area contributed by atoms with Gasteiger partial charge in [0.25, 0.3) is 0 Å². The average molecular weight is 687 g/mol. The minimum Gasteiger partial charge on any atom is -0.456 e. The maximum Gasteiger partial charge on any atom is 0.135 e. The van der Waals surface area contributed by atoms with E-state index in [1.807, 2.05) is 0 Å². The van der Waals surface area contributed by atoms with Crippen molar-refractivity contribution < 1.29 is 4.74 Å². The van der Waals surface area contributed by atoms with Gasteiger partial charge in [-0.1, -0.05) is 153 Å². The Kier molecular flexibility index (Phi) is 5.90. The van der Waals surface area contributed by atoms with Crippen molar-refractivity contribution >= 4 is 43.1 Å². The quantitative estimate of drug-likeness (QED) is 0.168. The molecule has 0 amide bonds. The smallest absolute Gasteiger partial charge is 0.135 e. The largest absolute Gasteiger partial charge is 0.456 e. The average Bonchev–Trinajstić information content (AvgIpc) is 3.45. The van der Waals surface area contributed by atoms with Crippen LogP contribution in [0.5, 0.6) is 11.5 Å². The second-order valence-corrected chi connectivity index (χ2v) is 15.6. The number of ether oxygens (including phenoxy) is 1. The summed E-state index contributed by atoms with van der Waals surface area (Å²) >= 11 is 0. The van der Waals surface area contributed by atoms with E-state index in [1.165, 1.54) is 104 Å². The first-order valence-electron chi connectivity index (χ1n) is 18.9. The first-order valence-corrected chi connectivity index (χ1v) is 18.9. The Balaban J connectivity index is 0.962. The molecule has 10 aromatic rings. The molecule has 1 heteroatoms. The van der Waals surface area contributed by atoms with Crippen molar-refractivity contribution in [2.24, 2.45) is 0 Å². The van der Waals surface area contributed by atoms with Crippen molar-refractivity contribution in [2.45, 2.75) is 19.3 Å². The summed E-state index contributed by atoms with van der Waals surface area (Å²) in [5, 5.41) is 10.3. The Bertz CT molecular complexity index is 3200.